The first-order valence-corrected chi connectivity index (χ1v) is 13.0. The summed E-state index contributed by atoms with van der Waals surface area (Å²) in [5.74, 6) is -1.32. The number of rotatable bonds is 2. The van der Waals surface area contributed by atoms with Gasteiger partial charge in [0.05, 0.1) is 0 Å². The Bertz CT molecular complexity index is 537. The third-order valence-corrected chi connectivity index (χ3v) is 16.8. The van der Waals surface area contributed by atoms with Gasteiger partial charge in [-0.25, -0.2) is 0 Å². The molecule has 4 atom stereocenters. The van der Waals surface area contributed by atoms with Crippen molar-refractivity contribution in [2.24, 2.45) is 5.92 Å². The molecule has 0 aromatic rings. The van der Waals surface area contributed by atoms with Gasteiger partial charge < -0.3 is 0 Å². The second kappa shape index (κ2) is 5.50. The minimum absolute atomic E-state index is 0.0174. The van der Waals surface area contributed by atoms with Gasteiger partial charge in [-0.05, 0) is 0 Å². The fraction of sp³-hybridized carbons (Fsp3) is 0.750. The van der Waals surface area contributed by atoms with E-state index in [0.717, 1.165) is 6.04 Å². The van der Waals surface area contributed by atoms with Crippen molar-refractivity contribution in [2.75, 3.05) is 0 Å². The monoisotopic (exact) mass is 378 g/mol. The van der Waals surface area contributed by atoms with Gasteiger partial charge >= 0.3 is 152 Å². The van der Waals surface area contributed by atoms with Crippen molar-refractivity contribution in [1.29, 1.82) is 0 Å². The molecule has 2 aliphatic rings. The van der Waals surface area contributed by atoms with E-state index < -0.39 is 10.6 Å². The van der Waals surface area contributed by atoms with Crippen molar-refractivity contribution in [3.8, 4) is 0 Å². The SMILES string of the molecule is CC1=C(C)C(C)C([Si]2([Ti])CC(Cl)C2(Cl)NC(C)(C)C)=C1C. The molecule has 1 aliphatic carbocycles. The molecular formula is C16H26Cl2NSiTi. The molecule has 1 aliphatic heterocycles. The molecule has 1 fully saturated rings. The van der Waals surface area contributed by atoms with Crippen molar-refractivity contribution in [2.45, 2.75) is 70.0 Å². The Morgan fingerprint density at radius 3 is 2.10 bits per heavy atom. The summed E-state index contributed by atoms with van der Waals surface area (Å²) in [4.78, 5) is 0. The number of allylic oxidation sites excluding steroid dienone is 4. The van der Waals surface area contributed by atoms with Crippen molar-refractivity contribution >= 4 is 29.1 Å². The van der Waals surface area contributed by atoms with Gasteiger partial charge in [-0.1, -0.05) is 0 Å². The van der Waals surface area contributed by atoms with E-state index in [1.165, 1.54) is 16.7 Å². The van der Waals surface area contributed by atoms with Crippen LogP contribution in [0.1, 0.15) is 48.5 Å². The van der Waals surface area contributed by atoms with Crippen LogP contribution in [-0.2, 0) is 19.7 Å². The van der Waals surface area contributed by atoms with Crippen LogP contribution < -0.4 is 5.32 Å². The molecule has 1 nitrogen and oxygen atoms in total. The van der Waals surface area contributed by atoms with Gasteiger partial charge in [-0.3, -0.25) is 0 Å². The van der Waals surface area contributed by atoms with Crippen molar-refractivity contribution in [3.63, 3.8) is 0 Å². The van der Waals surface area contributed by atoms with E-state index in [1.54, 1.807) is 5.20 Å². The van der Waals surface area contributed by atoms with E-state index in [0.29, 0.717) is 5.92 Å². The van der Waals surface area contributed by atoms with Crippen LogP contribution in [0.2, 0.25) is 6.04 Å². The number of hydrogen-bond donors (Lipinski definition) is 1. The van der Waals surface area contributed by atoms with Gasteiger partial charge in [0.15, 0.2) is 0 Å². The quantitative estimate of drug-likeness (QED) is 0.413. The van der Waals surface area contributed by atoms with Crippen LogP contribution in [0.4, 0.5) is 0 Å². The average molecular weight is 379 g/mol. The van der Waals surface area contributed by atoms with Crippen LogP contribution in [0.25, 0.3) is 0 Å². The molecule has 5 heteroatoms. The fourth-order valence-electron chi connectivity index (χ4n) is 3.78. The van der Waals surface area contributed by atoms with Gasteiger partial charge in [0.2, 0.25) is 0 Å². The Kier molecular flexibility index (Phi) is 4.79. The fourth-order valence-corrected chi connectivity index (χ4v) is 15.5. The molecule has 1 heterocycles. The molecule has 0 bridgehead atoms. The molecule has 0 amide bonds. The van der Waals surface area contributed by atoms with E-state index in [4.69, 9.17) is 23.2 Å². The van der Waals surface area contributed by atoms with E-state index >= 15 is 0 Å². The van der Waals surface area contributed by atoms with E-state index in [-0.39, 0.29) is 10.9 Å². The Labute approximate surface area is 151 Å². The van der Waals surface area contributed by atoms with Crippen molar-refractivity contribution in [3.05, 3.63) is 21.9 Å². The topological polar surface area (TPSA) is 12.0 Å². The van der Waals surface area contributed by atoms with Crippen molar-refractivity contribution < 1.29 is 19.7 Å². The van der Waals surface area contributed by atoms with Gasteiger partial charge in [-0.15, -0.1) is 0 Å². The number of nitrogens with one attached hydrogen (secondary N) is 1. The maximum absolute atomic E-state index is 7.12. The predicted molar refractivity (Wildman–Crippen MR) is 91.9 cm³/mol. The van der Waals surface area contributed by atoms with Crippen LogP contribution in [0.15, 0.2) is 21.9 Å². The van der Waals surface area contributed by atoms with E-state index in [9.17, 15) is 0 Å². The predicted octanol–water partition coefficient (Wildman–Crippen LogP) is 4.80. The first-order valence-electron chi connectivity index (χ1n) is 7.61. The normalized spacial score (nSPS) is 40.8. The molecule has 0 spiro atoms. The average Bonchev–Trinajstić information content (AvgIpc) is 2.52. The zero-order valence-corrected chi connectivity index (χ0v) is 18.2. The third-order valence-electron chi connectivity index (χ3n) is 5.20. The molecule has 21 heavy (non-hydrogen) atoms. The number of alkyl halides is 2. The van der Waals surface area contributed by atoms with E-state index in [2.05, 4.69) is 73.5 Å². The zero-order valence-electron chi connectivity index (χ0n) is 14.1. The number of halogens is 2. The molecule has 0 saturated carbocycles. The summed E-state index contributed by atoms with van der Waals surface area (Å²) in [6, 6.07) is 1.07. The van der Waals surface area contributed by atoms with Crippen LogP contribution in [0.3, 0.4) is 0 Å². The Morgan fingerprint density at radius 2 is 1.76 bits per heavy atom. The van der Waals surface area contributed by atoms with Crippen LogP contribution in [0.5, 0.6) is 0 Å². The summed E-state index contributed by atoms with van der Waals surface area (Å²) in [6.07, 6.45) is 0. The molecule has 1 saturated heterocycles. The first-order chi connectivity index (χ1) is 9.35. The third kappa shape index (κ3) is 2.68. The zero-order chi connectivity index (χ0) is 16.4. The Balaban J connectivity index is 2.45. The first kappa shape index (κ1) is 18.3. The molecule has 0 aromatic carbocycles. The van der Waals surface area contributed by atoms with Gasteiger partial charge in [-0.2, -0.15) is 0 Å². The summed E-state index contributed by atoms with van der Waals surface area (Å²) in [6.45, 7) is 15.6. The molecule has 1 N–H and O–H groups in total. The number of hydrogen-bond acceptors (Lipinski definition) is 1. The summed E-state index contributed by atoms with van der Waals surface area (Å²) < 4.78 is -0.442. The summed E-state index contributed by atoms with van der Waals surface area (Å²) in [7, 11) is 0. The molecule has 4 unspecified atom stereocenters. The Morgan fingerprint density at radius 1 is 1.24 bits per heavy atom. The van der Waals surface area contributed by atoms with Crippen LogP contribution in [0, 0.1) is 5.92 Å². The molecule has 117 valence electrons. The van der Waals surface area contributed by atoms with E-state index in [1.807, 2.05) is 0 Å². The molecule has 0 aromatic heterocycles. The second-order valence-electron chi connectivity index (χ2n) is 7.73. The molecular weight excluding hydrogens is 353 g/mol. The second-order valence-corrected chi connectivity index (χ2v) is 16.7. The minimum atomic E-state index is -1.84. The Hall–Kier alpha value is 0.951. The summed E-state index contributed by atoms with van der Waals surface area (Å²) in [5.41, 5.74) is 4.40. The summed E-state index contributed by atoms with van der Waals surface area (Å²) in [5, 5.41) is 5.29. The van der Waals surface area contributed by atoms with Gasteiger partial charge in [0.1, 0.15) is 0 Å². The standard InChI is InChI=1S/C16H26Cl2NSi.Ti/c1-9-10(2)12(4)14(11(9)3)20-8-13(17)16(20,18)19-15(5,6)7;/h11,13,19H,8H2,1-7H3;. The molecule has 0 radical (unpaired) electrons. The molecule has 2 rings (SSSR count). The van der Waals surface area contributed by atoms with Crippen LogP contribution in [-0.4, -0.2) is 21.5 Å². The van der Waals surface area contributed by atoms with Crippen LogP contribution >= 0.6 is 23.2 Å². The summed E-state index contributed by atoms with van der Waals surface area (Å²) >= 11 is 16.1. The van der Waals surface area contributed by atoms with Crippen molar-refractivity contribution in [1.82, 2.24) is 5.32 Å². The van der Waals surface area contributed by atoms with Gasteiger partial charge in [0, 0.05) is 0 Å². The van der Waals surface area contributed by atoms with Gasteiger partial charge in [0.25, 0.3) is 0 Å². The maximum atomic E-state index is 7.12.